The van der Waals surface area contributed by atoms with Crippen molar-refractivity contribution in [2.24, 2.45) is 0 Å². The van der Waals surface area contributed by atoms with Crippen molar-refractivity contribution in [2.45, 2.75) is 6.42 Å². The molecule has 0 aliphatic heterocycles. The Morgan fingerprint density at radius 1 is 1.24 bits per heavy atom. The topological polar surface area (TPSA) is 54.5 Å². The molecule has 0 fully saturated rings. The summed E-state index contributed by atoms with van der Waals surface area (Å²) in [5.74, 6) is -0.664. The Hall–Kier alpha value is -1.43. The molecular formula is C11H14FNO3S. The minimum Gasteiger partial charge on any atom is -0.345 e. The van der Waals surface area contributed by atoms with Crippen LogP contribution in [0.15, 0.2) is 24.3 Å². The van der Waals surface area contributed by atoms with Gasteiger partial charge in [0.2, 0.25) is 0 Å². The first-order chi connectivity index (χ1) is 7.79. The van der Waals surface area contributed by atoms with Crippen molar-refractivity contribution in [1.82, 2.24) is 4.90 Å². The van der Waals surface area contributed by atoms with E-state index in [1.807, 2.05) is 0 Å². The first kappa shape index (κ1) is 13.6. The van der Waals surface area contributed by atoms with Crippen LogP contribution in [0, 0.1) is 0 Å². The van der Waals surface area contributed by atoms with Crippen molar-refractivity contribution in [3.63, 3.8) is 0 Å². The zero-order chi connectivity index (χ0) is 13.1. The summed E-state index contributed by atoms with van der Waals surface area (Å²) in [7, 11) is -1.15. The lowest BCUT2D eigenvalue weighted by atomic mass is 10.1. The van der Waals surface area contributed by atoms with E-state index in [4.69, 9.17) is 0 Å². The third-order valence-electron chi connectivity index (χ3n) is 2.24. The van der Waals surface area contributed by atoms with E-state index < -0.39 is 16.0 Å². The molecule has 94 valence electrons. The van der Waals surface area contributed by atoms with Crippen molar-refractivity contribution in [1.29, 1.82) is 0 Å². The van der Waals surface area contributed by atoms with Crippen LogP contribution in [0.1, 0.15) is 15.9 Å². The van der Waals surface area contributed by atoms with E-state index in [0.717, 1.165) is 0 Å². The number of rotatable bonds is 4. The fourth-order valence-electron chi connectivity index (χ4n) is 1.31. The first-order valence-corrected chi connectivity index (χ1v) is 6.58. The second kappa shape index (κ2) is 5.27. The van der Waals surface area contributed by atoms with Gasteiger partial charge in [-0.15, -0.1) is 3.89 Å². The third-order valence-corrected chi connectivity index (χ3v) is 2.93. The minimum absolute atomic E-state index is 0.106. The second-order valence-electron chi connectivity index (χ2n) is 3.89. The zero-order valence-electron chi connectivity index (χ0n) is 9.68. The molecule has 1 aromatic carbocycles. The average Bonchev–Trinajstić information content (AvgIpc) is 2.25. The highest BCUT2D eigenvalue weighted by molar-refractivity contribution is 7.86. The number of halogens is 1. The summed E-state index contributed by atoms with van der Waals surface area (Å²) in [6, 6.07) is 6.45. The van der Waals surface area contributed by atoms with Gasteiger partial charge in [-0.2, -0.15) is 8.42 Å². The summed E-state index contributed by atoms with van der Waals surface area (Å²) in [4.78, 5) is 13.0. The maximum absolute atomic E-state index is 12.3. The molecule has 0 atom stereocenters. The predicted molar refractivity (Wildman–Crippen MR) is 63.1 cm³/mol. The molecular weight excluding hydrogens is 245 g/mol. The zero-order valence-corrected chi connectivity index (χ0v) is 10.5. The van der Waals surface area contributed by atoms with Gasteiger partial charge in [0.05, 0.1) is 5.75 Å². The van der Waals surface area contributed by atoms with Gasteiger partial charge in [0.15, 0.2) is 0 Å². The van der Waals surface area contributed by atoms with Crippen LogP contribution in [-0.2, 0) is 16.6 Å². The summed E-state index contributed by atoms with van der Waals surface area (Å²) in [6.45, 7) is 0. The van der Waals surface area contributed by atoms with Crippen molar-refractivity contribution < 1.29 is 17.1 Å². The van der Waals surface area contributed by atoms with Crippen LogP contribution in [0.2, 0.25) is 0 Å². The molecule has 1 rings (SSSR count). The number of hydrogen-bond donors (Lipinski definition) is 0. The highest BCUT2D eigenvalue weighted by Crippen LogP contribution is 2.08. The molecule has 6 heteroatoms. The number of carbonyl (C=O) groups excluding carboxylic acids is 1. The molecule has 0 aromatic heterocycles. The molecule has 0 aliphatic rings. The second-order valence-corrected chi connectivity index (χ2v) is 5.38. The van der Waals surface area contributed by atoms with E-state index in [1.54, 1.807) is 38.4 Å². The van der Waals surface area contributed by atoms with E-state index >= 15 is 0 Å². The van der Waals surface area contributed by atoms with Gasteiger partial charge < -0.3 is 4.90 Å². The van der Waals surface area contributed by atoms with E-state index in [1.165, 1.54) is 4.90 Å². The van der Waals surface area contributed by atoms with Gasteiger partial charge in [-0.25, -0.2) is 0 Å². The number of aryl methyl sites for hydroxylation is 1. The first-order valence-electron chi connectivity index (χ1n) is 5.02. The molecule has 0 radical (unpaired) electrons. The minimum atomic E-state index is -4.44. The fourth-order valence-corrected chi connectivity index (χ4v) is 1.79. The van der Waals surface area contributed by atoms with Gasteiger partial charge in [0.1, 0.15) is 0 Å². The van der Waals surface area contributed by atoms with Gasteiger partial charge >= 0.3 is 10.2 Å². The van der Waals surface area contributed by atoms with Crippen molar-refractivity contribution in [3.8, 4) is 0 Å². The Bertz CT molecular complexity index is 494. The lowest BCUT2D eigenvalue weighted by Gasteiger charge is -2.10. The Morgan fingerprint density at radius 3 is 2.18 bits per heavy atom. The molecule has 1 amide bonds. The van der Waals surface area contributed by atoms with Crippen molar-refractivity contribution in [2.75, 3.05) is 19.8 Å². The number of benzene rings is 1. The molecule has 0 saturated carbocycles. The van der Waals surface area contributed by atoms with E-state index in [2.05, 4.69) is 0 Å². The largest absolute Gasteiger partial charge is 0.345 e. The maximum Gasteiger partial charge on any atom is 0.302 e. The number of amides is 1. The van der Waals surface area contributed by atoms with Crippen LogP contribution >= 0.6 is 0 Å². The van der Waals surface area contributed by atoms with E-state index in [-0.39, 0.29) is 12.3 Å². The van der Waals surface area contributed by atoms with Crippen molar-refractivity contribution >= 4 is 16.1 Å². The van der Waals surface area contributed by atoms with Gasteiger partial charge in [-0.05, 0) is 24.1 Å². The molecule has 0 saturated heterocycles. The summed E-state index contributed by atoms with van der Waals surface area (Å²) in [5, 5.41) is 0. The smallest absolute Gasteiger partial charge is 0.302 e. The van der Waals surface area contributed by atoms with Gasteiger partial charge in [0.25, 0.3) is 5.91 Å². The Balaban J connectivity index is 2.72. The molecule has 1 aromatic rings. The monoisotopic (exact) mass is 259 g/mol. The molecule has 0 unspecified atom stereocenters. The Morgan fingerprint density at radius 2 is 1.76 bits per heavy atom. The van der Waals surface area contributed by atoms with Gasteiger partial charge in [0, 0.05) is 19.7 Å². The Kier molecular flexibility index (Phi) is 4.22. The molecule has 0 heterocycles. The van der Waals surface area contributed by atoms with Crippen LogP contribution in [0.5, 0.6) is 0 Å². The maximum atomic E-state index is 12.3. The van der Waals surface area contributed by atoms with Crippen LogP contribution in [-0.4, -0.2) is 39.1 Å². The van der Waals surface area contributed by atoms with E-state index in [9.17, 15) is 17.1 Å². The normalized spacial score (nSPS) is 11.2. The van der Waals surface area contributed by atoms with Gasteiger partial charge in [-0.3, -0.25) is 4.79 Å². The van der Waals surface area contributed by atoms with Crippen LogP contribution in [0.3, 0.4) is 0 Å². The molecule has 0 N–H and O–H groups in total. The lowest BCUT2D eigenvalue weighted by molar-refractivity contribution is 0.0827. The predicted octanol–water partition coefficient (Wildman–Crippen LogP) is 1.23. The fraction of sp³-hybridized carbons (Fsp3) is 0.364. The summed E-state index contributed by atoms with van der Waals surface area (Å²) in [6.07, 6.45) is 0.106. The van der Waals surface area contributed by atoms with Crippen LogP contribution in [0.4, 0.5) is 3.89 Å². The van der Waals surface area contributed by atoms with Crippen molar-refractivity contribution in [3.05, 3.63) is 35.4 Å². The number of nitrogens with zero attached hydrogens (tertiary/aromatic N) is 1. The summed E-state index contributed by atoms with van der Waals surface area (Å²) < 4.78 is 33.0. The molecule has 0 spiro atoms. The highest BCUT2D eigenvalue weighted by Gasteiger charge is 2.09. The molecule has 0 aliphatic carbocycles. The summed E-state index contributed by atoms with van der Waals surface area (Å²) >= 11 is 0. The summed E-state index contributed by atoms with van der Waals surface area (Å²) in [5.41, 5.74) is 1.20. The third kappa shape index (κ3) is 4.52. The SMILES string of the molecule is CN(C)C(=O)c1ccc(CCS(=O)(=O)F)cc1. The molecule has 17 heavy (non-hydrogen) atoms. The average molecular weight is 259 g/mol. The Labute approximate surface area is 100 Å². The number of carbonyl (C=O) groups is 1. The van der Waals surface area contributed by atoms with E-state index in [0.29, 0.717) is 11.1 Å². The lowest BCUT2D eigenvalue weighted by Crippen LogP contribution is -2.21. The van der Waals surface area contributed by atoms with Crippen LogP contribution in [0.25, 0.3) is 0 Å². The number of hydrogen-bond acceptors (Lipinski definition) is 3. The standard InChI is InChI=1S/C11H14FNO3S/c1-13(2)11(14)10-5-3-9(4-6-10)7-8-17(12,15)16/h3-6H,7-8H2,1-2H3. The van der Waals surface area contributed by atoms with Crippen LogP contribution < -0.4 is 0 Å². The quantitative estimate of drug-likeness (QED) is 0.764. The highest BCUT2D eigenvalue weighted by atomic mass is 32.3. The molecule has 4 nitrogen and oxygen atoms in total. The van der Waals surface area contributed by atoms with Gasteiger partial charge in [-0.1, -0.05) is 12.1 Å². The molecule has 0 bridgehead atoms.